The predicted molar refractivity (Wildman–Crippen MR) is 95.5 cm³/mol. The lowest BCUT2D eigenvalue weighted by Crippen LogP contribution is -2.30. The molecule has 29 heavy (non-hydrogen) atoms. The molecule has 3 N–H and O–H groups in total. The molecule has 2 amide bonds. The molecule has 0 saturated heterocycles. The van der Waals surface area contributed by atoms with E-state index in [2.05, 4.69) is 10.3 Å². The van der Waals surface area contributed by atoms with Crippen molar-refractivity contribution in [3.8, 4) is 0 Å². The number of halogens is 6. The minimum Gasteiger partial charge on any atom is -0.361 e. The van der Waals surface area contributed by atoms with Gasteiger partial charge in [0.25, 0.3) is 0 Å². The quantitative estimate of drug-likeness (QED) is 0.480. The van der Waals surface area contributed by atoms with Crippen molar-refractivity contribution in [3.05, 3.63) is 65.4 Å². The van der Waals surface area contributed by atoms with Crippen LogP contribution in [0.15, 0.2) is 48.7 Å². The molecule has 1 aromatic heterocycles. The average Bonchev–Trinajstić information content (AvgIpc) is 3.03. The number of benzene rings is 2. The van der Waals surface area contributed by atoms with Crippen molar-refractivity contribution >= 4 is 22.6 Å². The van der Waals surface area contributed by atoms with E-state index in [1.165, 1.54) is 0 Å². The molecule has 3 rings (SSSR count). The number of carbonyl (C=O) groups excluding carboxylic acids is 1. The molecule has 154 valence electrons. The number of aromatic nitrogens is 1. The van der Waals surface area contributed by atoms with Crippen molar-refractivity contribution in [2.24, 2.45) is 0 Å². The first-order chi connectivity index (χ1) is 13.5. The number of alkyl halides is 6. The zero-order chi connectivity index (χ0) is 21.2. The Morgan fingerprint density at radius 1 is 0.931 bits per heavy atom. The normalized spacial score (nSPS) is 12.2. The summed E-state index contributed by atoms with van der Waals surface area (Å²) in [7, 11) is 0. The first kappa shape index (κ1) is 20.6. The van der Waals surface area contributed by atoms with Gasteiger partial charge in [0.15, 0.2) is 0 Å². The highest BCUT2D eigenvalue weighted by Crippen LogP contribution is 2.37. The molecule has 4 nitrogen and oxygen atoms in total. The third-order valence-corrected chi connectivity index (χ3v) is 4.20. The molecule has 0 bridgehead atoms. The molecule has 1 heterocycles. The molecule has 0 unspecified atom stereocenters. The van der Waals surface area contributed by atoms with Crippen LogP contribution in [0.25, 0.3) is 10.9 Å². The second kappa shape index (κ2) is 7.69. The van der Waals surface area contributed by atoms with Crippen LogP contribution in [0, 0.1) is 0 Å². The zero-order valence-corrected chi connectivity index (χ0v) is 14.7. The number of para-hydroxylation sites is 1. The molecule has 10 heteroatoms. The van der Waals surface area contributed by atoms with Crippen molar-refractivity contribution in [2.45, 2.75) is 18.8 Å². The van der Waals surface area contributed by atoms with Crippen molar-refractivity contribution in [1.29, 1.82) is 0 Å². The number of hydrogen-bond donors (Lipinski definition) is 3. The first-order valence-electron chi connectivity index (χ1n) is 8.43. The summed E-state index contributed by atoms with van der Waals surface area (Å²) in [6.07, 6.45) is -7.77. The van der Waals surface area contributed by atoms with Gasteiger partial charge in [-0.3, -0.25) is 0 Å². The third-order valence-electron chi connectivity index (χ3n) is 4.20. The summed E-state index contributed by atoms with van der Waals surface area (Å²) in [5, 5.41) is 5.41. The van der Waals surface area contributed by atoms with Gasteiger partial charge in [0.2, 0.25) is 0 Å². The lowest BCUT2D eigenvalue weighted by Gasteiger charge is -2.15. The summed E-state index contributed by atoms with van der Waals surface area (Å²) in [6, 6.07) is 7.48. The fourth-order valence-electron chi connectivity index (χ4n) is 2.85. The minimum absolute atomic E-state index is 0.0000971. The van der Waals surface area contributed by atoms with Gasteiger partial charge in [-0.15, -0.1) is 0 Å². The van der Waals surface area contributed by atoms with E-state index in [-0.39, 0.29) is 12.6 Å². The summed E-state index contributed by atoms with van der Waals surface area (Å²) < 4.78 is 77.2. The highest BCUT2D eigenvalue weighted by Gasteiger charge is 2.37. The standard InChI is InChI=1S/C19H15F6N3O/c20-18(21,22)12-7-13(19(23,24)25)9-14(8-12)28-17(29)26-6-5-11-10-27-16-4-2-1-3-15(11)16/h1-4,7-10,27H,5-6H2,(H2,26,28,29). The number of rotatable bonds is 4. The number of amides is 2. The number of anilines is 1. The van der Waals surface area contributed by atoms with Gasteiger partial charge in [-0.2, -0.15) is 26.3 Å². The summed E-state index contributed by atoms with van der Waals surface area (Å²) in [5.41, 5.74) is -1.77. The summed E-state index contributed by atoms with van der Waals surface area (Å²) in [4.78, 5) is 15.0. The Kier molecular flexibility index (Phi) is 5.45. The van der Waals surface area contributed by atoms with E-state index >= 15 is 0 Å². The summed E-state index contributed by atoms with van der Waals surface area (Å²) in [5.74, 6) is 0. The molecule has 0 atom stereocenters. The highest BCUT2D eigenvalue weighted by molar-refractivity contribution is 5.89. The van der Waals surface area contributed by atoms with E-state index < -0.39 is 35.2 Å². The molecular weight excluding hydrogens is 400 g/mol. The third kappa shape index (κ3) is 5.01. The second-order valence-electron chi connectivity index (χ2n) is 6.28. The molecule has 0 aliphatic heterocycles. The van der Waals surface area contributed by atoms with Crippen molar-refractivity contribution in [3.63, 3.8) is 0 Å². The van der Waals surface area contributed by atoms with Crippen LogP contribution in [0.5, 0.6) is 0 Å². The van der Waals surface area contributed by atoms with Crippen LogP contribution >= 0.6 is 0 Å². The SMILES string of the molecule is O=C(NCCc1c[nH]c2ccccc12)Nc1cc(C(F)(F)F)cc(C(F)(F)F)c1. The predicted octanol–water partition coefficient (Wildman–Crippen LogP) is 5.57. The van der Waals surface area contributed by atoms with Gasteiger partial charge in [0.1, 0.15) is 0 Å². The number of aromatic amines is 1. The maximum Gasteiger partial charge on any atom is 0.416 e. The van der Waals surface area contributed by atoms with Gasteiger partial charge in [-0.1, -0.05) is 18.2 Å². The van der Waals surface area contributed by atoms with Gasteiger partial charge < -0.3 is 15.6 Å². The molecule has 0 radical (unpaired) electrons. The van der Waals surface area contributed by atoms with Crippen LogP contribution in [-0.2, 0) is 18.8 Å². The van der Waals surface area contributed by atoms with Crippen LogP contribution in [0.1, 0.15) is 16.7 Å². The van der Waals surface area contributed by atoms with Crippen molar-refractivity contribution in [2.75, 3.05) is 11.9 Å². The van der Waals surface area contributed by atoms with Crippen LogP contribution in [0.2, 0.25) is 0 Å². The fourth-order valence-corrected chi connectivity index (χ4v) is 2.85. The Morgan fingerprint density at radius 3 is 2.17 bits per heavy atom. The molecule has 3 aromatic rings. The summed E-state index contributed by atoms with van der Waals surface area (Å²) in [6.45, 7) is 0.138. The van der Waals surface area contributed by atoms with Gasteiger partial charge in [0, 0.05) is 29.3 Å². The van der Waals surface area contributed by atoms with E-state index in [9.17, 15) is 31.1 Å². The maximum atomic E-state index is 12.9. The van der Waals surface area contributed by atoms with Crippen molar-refractivity contribution < 1.29 is 31.1 Å². The van der Waals surface area contributed by atoms with E-state index in [4.69, 9.17) is 0 Å². The van der Waals surface area contributed by atoms with Crippen LogP contribution in [-0.4, -0.2) is 17.6 Å². The fraction of sp³-hybridized carbons (Fsp3) is 0.211. The number of nitrogens with one attached hydrogen (secondary N) is 3. The zero-order valence-electron chi connectivity index (χ0n) is 14.7. The molecule has 0 aliphatic rings. The molecule has 0 saturated carbocycles. The van der Waals surface area contributed by atoms with Crippen molar-refractivity contribution in [1.82, 2.24) is 10.3 Å². The van der Waals surface area contributed by atoms with E-state index in [1.54, 1.807) is 6.20 Å². The Morgan fingerprint density at radius 2 is 1.55 bits per heavy atom. The monoisotopic (exact) mass is 415 g/mol. The maximum absolute atomic E-state index is 12.9. The van der Waals surface area contributed by atoms with Gasteiger partial charge in [0.05, 0.1) is 11.1 Å². The van der Waals surface area contributed by atoms with Crippen LogP contribution in [0.4, 0.5) is 36.8 Å². The topological polar surface area (TPSA) is 56.9 Å². The Hall–Kier alpha value is -3.17. The second-order valence-corrected chi connectivity index (χ2v) is 6.28. The van der Waals surface area contributed by atoms with E-state index in [0.29, 0.717) is 18.6 Å². The Balaban J connectivity index is 1.67. The minimum atomic E-state index is -4.98. The number of urea groups is 1. The van der Waals surface area contributed by atoms with E-state index in [0.717, 1.165) is 16.5 Å². The van der Waals surface area contributed by atoms with E-state index in [1.807, 2.05) is 29.6 Å². The largest absolute Gasteiger partial charge is 0.416 e. The Labute approximate surface area is 160 Å². The number of H-pyrrole nitrogens is 1. The Bertz CT molecular complexity index is 990. The number of carbonyl (C=O) groups is 1. The smallest absolute Gasteiger partial charge is 0.361 e. The molecule has 0 fully saturated rings. The van der Waals surface area contributed by atoms with Gasteiger partial charge in [-0.05, 0) is 36.2 Å². The molecule has 0 aliphatic carbocycles. The first-order valence-corrected chi connectivity index (χ1v) is 8.43. The summed E-state index contributed by atoms with van der Waals surface area (Å²) >= 11 is 0. The molecule has 0 spiro atoms. The lowest BCUT2D eigenvalue weighted by atomic mass is 10.1. The molecule has 2 aromatic carbocycles. The van der Waals surface area contributed by atoms with Gasteiger partial charge >= 0.3 is 18.4 Å². The van der Waals surface area contributed by atoms with Crippen LogP contribution in [0.3, 0.4) is 0 Å². The highest BCUT2D eigenvalue weighted by atomic mass is 19.4. The number of hydrogen-bond acceptors (Lipinski definition) is 1. The average molecular weight is 415 g/mol. The molecular formula is C19H15F6N3O. The van der Waals surface area contributed by atoms with Crippen LogP contribution < -0.4 is 10.6 Å². The lowest BCUT2D eigenvalue weighted by molar-refractivity contribution is -0.143. The van der Waals surface area contributed by atoms with Gasteiger partial charge in [-0.25, -0.2) is 4.79 Å². The number of fused-ring (bicyclic) bond motifs is 1.